The Labute approximate surface area is 185 Å². The Morgan fingerprint density at radius 3 is 2.61 bits per heavy atom. The molecule has 4 saturated heterocycles. The lowest BCUT2D eigenvalue weighted by Crippen LogP contribution is -2.44. The van der Waals surface area contributed by atoms with E-state index in [1.807, 2.05) is 18.7 Å². The second-order valence-corrected chi connectivity index (χ2v) is 10.2. The van der Waals surface area contributed by atoms with Crippen LogP contribution in [0.5, 0.6) is 0 Å². The van der Waals surface area contributed by atoms with Gasteiger partial charge in [0.05, 0.1) is 18.2 Å². The highest BCUT2D eigenvalue weighted by molar-refractivity contribution is 5.81. The molecule has 0 aliphatic carbocycles. The molecule has 2 amide bonds. The van der Waals surface area contributed by atoms with Gasteiger partial charge < -0.3 is 25.0 Å². The lowest BCUT2D eigenvalue weighted by Gasteiger charge is -2.30. The minimum absolute atomic E-state index is 0.128. The first-order chi connectivity index (χ1) is 14.8. The number of amides is 2. The van der Waals surface area contributed by atoms with Crippen molar-refractivity contribution < 1.29 is 24.2 Å². The lowest BCUT2D eigenvalue weighted by atomic mass is 9.73. The summed E-state index contributed by atoms with van der Waals surface area (Å²) in [7, 11) is 0. The maximum absolute atomic E-state index is 12.8. The molecule has 4 aliphatic rings. The first-order valence-electron chi connectivity index (χ1n) is 11.8. The van der Waals surface area contributed by atoms with Gasteiger partial charge in [-0.3, -0.25) is 14.4 Å². The summed E-state index contributed by atoms with van der Waals surface area (Å²) in [5, 5.41) is 10.1. The highest BCUT2D eigenvalue weighted by Crippen LogP contribution is 2.54. The Bertz CT molecular complexity index is 664. The number of rotatable bonds is 7. The van der Waals surface area contributed by atoms with Crippen LogP contribution in [0.25, 0.3) is 0 Å². The molecule has 2 bridgehead atoms. The molecule has 0 unspecified atom stereocenters. The zero-order chi connectivity index (χ0) is 22.6. The Balaban J connectivity index is 0.000000858. The van der Waals surface area contributed by atoms with E-state index in [1.54, 1.807) is 0 Å². The fraction of sp³-hybridized carbons (Fsp3) is 0.870. The summed E-state index contributed by atoms with van der Waals surface area (Å²) < 4.78 is 6.44. The zero-order valence-corrected chi connectivity index (χ0v) is 19.3. The number of nitrogens with zero attached hydrogens (tertiary/aromatic N) is 2. The Morgan fingerprint density at radius 2 is 1.97 bits per heavy atom. The zero-order valence-electron chi connectivity index (χ0n) is 19.3. The topological polar surface area (TPSA) is 99.2 Å². The van der Waals surface area contributed by atoms with E-state index in [0.717, 1.165) is 52.0 Å². The van der Waals surface area contributed by atoms with E-state index in [1.165, 1.54) is 12.8 Å². The smallest absolute Gasteiger partial charge is 0.290 e. The monoisotopic (exact) mass is 437 g/mol. The van der Waals surface area contributed by atoms with Gasteiger partial charge in [0.25, 0.3) is 6.47 Å². The first kappa shape index (κ1) is 24.0. The predicted octanol–water partition coefficient (Wildman–Crippen LogP) is 1.73. The molecule has 0 aromatic carbocycles. The number of hydrogen-bond donors (Lipinski definition) is 2. The molecule has 0 saturated carbocycles. The molecule has 0 aromatic heterocycles. The molecule has 0 radical (unpaired) electrons. The summed E-state index contributed by atoms with van der Waals surface area (Å²) in [6.45, 7) is 11.2. The van der Waals surface area contributed by atoms with E-state index < -0.39 is 0 Å². The molecule has 2 N–H and O–H groups in total. The Hall–Kier alpha value is -1.67. The summed E-state index contributed by atoms with van der Waals surface area (Å²) >= 11 is 0. The van der Waals surface area contributed by atoms with Crippen LogP contribution in [-0.2, 0) is 19.1 Å². The van der Waals surface area contributed by atoms with Crippen LogP contribution in [0, 0.1) is 17.3 Å². The van der Waals surface area contributed by atoms with Gasteiger partial charge >= 0.3 is 0 Å². The van der Waals surface area contributed by atoms with Crippen LogP contribution in [0.2, 0.25) is 0 Å². The minimum atomic E-state index is -0.330. The van der Waals surface area contributed by atoms with Crippen molar-refractivity contribution in [2.45, 2.75) is 71.0 Å². The molecule has 1 spiro atoms. The van der Waals surface area contributed by atoms with Gasteiger partial charge in [-0.25, -0.2) is 0 Å². The van der Waals surface area contributed by atoms with Crippen molar-refractivity contribution >= 4 is 18.3 Å². The van der Waals surface area contributed by atoms with Crippen molar-refractivity contribution in [2.75, 3.05) is 39.3 Å². The van der Waals surface area contributed by atoms with Gasteiger partial charge in [0.2, 0.25) is 11.8 Å². The van der Waals surface area contributed by atoms with Gasteiger partial charge in [-0.2, -0.15) is 0 Å². The van der Waals surface area contributed by atoms with E-state index in [0.29, 0.717) is 24.8 Å². The van der Waals surface area contributed by atoms with Gasteiger partial charge in [0.15, 0.2) is 0 Å². The van der Waals surface area contributed by atoms with E-state index >= 15 is 0 Å². The average molecular weight is 438 g/mol. The molecule has 4 atom stereocenters. The molecule has 4 heterocycles. The van der Waals surface area contributed by atoms with Crippen LogP contribution in [0.4, 0.5) is 0 Å². The van der Waals surface area contributed by atoms with E-state index in [4.69, 9.17) is 14.6 Å². The van der Waals surface area contributed by atoms with E-state index in [2.05, 4.69) is 17.1 Å². The largest absolute Gasteiger partial charge is 0.483 e. The van der Waals surface area contributed by atoms with Crippen molar-refractivity contribution in [3.05, 3.63) is 0 Å². The number of ether oxygens (including phenoxy) is 1. The molecular formula is C23H39N3O5. The van der Waals surface area contributed by atoms with Crippen LogP contribution in [0.3, 0.4) is 0 Å². The van der Waals surface area contributed by atoms with Gasteiger partial charge in [0.1, 0.15) is 0 Å². The number of fused-ring (bicyclic) bond motifs is 1. The summed E-state index contributed by atoms with van der Waals surface area (Å²) in [6, 6.07) is 0. The maximum atomic E-state index is 12.8. The number of carbonyl (C=O) groups is 3. The summed E-state index contributed by atoms with van der Waals surface area (Å²) in [5.74, 6) is 1.11. The van der Waals surface area contributed by atoms with Crippen LogP contribution in [0.15, 0.2) is 0 Å². The molecule has 4 fully saturated rings. The quantitative estimate of drug-likeness (QED) is 0.589. The average Bonchev–Trinajstić information content (AvgIpc) is 3.52. The Morgan fingerprint density at radius 1 is 1.29 bits per heavy atom. The molecule has 31 heavy (non-hydrogen) atoms. The highest BCUT2D eigenvalue weighted by Gasteiger charge is 2.63. The summed E-state index contributed by atoms with van der Waals surface area (Å²) in [4.78, 5) is 38.1. The lowest BCUT2D eigenvalue weighted by molar-refractivity contribution is -0.132. The second-order valence-electron chi connectivity index (χ2n) is 10.2. The number of carbonyl (C=O) groups excluding carboxylic acids is 2. The van der Waals surface area contributed by atoms with Gasteiger partial charge in [-0.05, 0) is 45.2 Å². The summed E-state index contributed by atoms with van der Waals surface area (Å²) in [5.41, 5.74) is -0.479. The molecule has 0 aromatic rings. The van der Waals surface area contributed by atoms with Gasteiger partial charge in [-0.15, -0.1) is 0 Å². The third-order valence-electron chi connectivity index (χ3n) is 7.97. The third kappa shape index (κ3) is 5.06. The maximum Gasteiger partial charge on any atom is 0.290 e. The molecule has 8 nitrogen and oxygen atoms in total. The van der Waals surface area contributed by atoms with E-state index in [9.17, 15) is 9.59 Å². The van der Waals surface area contributed by atoms with Crippen molar-refractivity contribution in [3.63, 3.8) is 0 Å². The number of hydrogen-bond acceptors (Lipinski definition) is 5. The highest BCUT2D eigenvalue weighted by atomic mass is 16.5. The third-order valence-corrected chi connectivity index (χ3v) is 7.97. The number of likely N-dealkylation sites (tertiary alicyclic amines) is 2. The summed E-state index contributed by atoms with van der Waals surface area (Å²) in [6.07, 6.45) is 6.35. The van der Waals surface area contributed by atoms with Crippen LogP contribution in [0.1, 0.15) is 59.3 Å². The fourth-order valence-electron chi connectivity index (χ4n) is 5.68. The number of nitrogens with one attached hydrogen (secondary N) is 1. The molecule has 4 rings (SSSR count). The minimum Gasteiger partial charge on any atom is -0.483 e. The molecule has 4 aliphatic heterocycles. The second kappa shape index (κ2) is 9.86. The van der Waals surface area contributed by atoms with Crippen molar-refractivity contribution in [1.29, 1.82) is 0 Å². The first-order valence-corrected chi connectivity index (χ1v) is 11.8. The van der Waals surface area contributed by atoms with Crippen LogP contribution in [-0.4, -0.2) is 84.2 Å². The predicted molar refractivity (Wildman–Crippen MR) is 116 cm³/mol. The molecule has 8 heteroatoms. The fourth-order valence-corrected chi connectivity index (χ4v) is 5.68. The van der Waals surface area contributed by atoms with Crippen molar-refractivity contribution in [2.24, 2.45) is 17.3 Å². The van der Waals surface area contributed by atoms with Crippen LogP contribution >= 0.6 is 0 Å². The van der Waals surface area contributed by atoms with Gasteiger partial charge in [0, 0.05) is 43.3 Å². The van der Waals surface area contributed by atoms with Crippen molar-refractivity contribution in [3.8, 4) is 0 Å². The molecular weight excluding hydrogens is 398 g/mol. The molecule has 176 valence electrons. The van der Waals surface area contributed by atoms with Crippen molar-refractivity contribution in [1.82, 2.24) is 15.1 Å². The SMILES string of the molecule is CCC(C)(C)C(=O)NC[C@H]1[C@H]2CN(C(=O)CCN3CCCC3)C[C@]23CC[C@H]1O3.O=CO. The Kier molecular flexibility index (Phi) is 7.63. The van der Waals surface area contributed by atoms with E-state index in [-0.39, 0.29) is 35.4 Å². The van der Waals surface area contributed by atoms with Gasteiger partial charge in [-0.1, -0.05) is 20.8 Å². The van der Waals surface area contributed by atoms with Crippen LogP contribution < -0.4 is 5.32 Å². The standard InChI is InChI=1S/C22H37N3O3.CH2O2/c1-4-21(2,3)20(27)23-13-16-17-14-25(15-22(17)9-7-18(16)28-22)19(26)8-12-24-10-5-6-11-24;2-1-3/h16-18H,4-15H2,1-3H3,(H,23,27);1H,(H,2,3)/t16-,17+,18+,22+;/m0./s1. The number of carboxylic acid groups (broad SMARTS) is 1. The normalized spacial score (nSPS) is 31.8.